The lowest BCUT2D eigenvalue weighted by molar-refractivity contribution is -0.117. The van der Waals surface area contributed by atoms with Crippen LogP contribution in [0.15, 0.2) is 12.2 Å². The minimum atomic E-state index is -0.598. The van der Waals surface area contributed by atoms with Gasteiger partial charge in [0.2, 0.25) is 5.91 Å². The average Bonchev–Trinajstić information content (AvgIpc) is 2.31. The summed E-state index contributed by atoms with van der Waals surface area (Å²) in [6.45, 7) is 3.60. The largest absolute Gasteiger partial charge is 0.389 e. The summed E-state index contributed by atoms with van der Waals surface area (Å²) in [5.74, 6) is 0.756. The molecule has 0 saturated heterocycles. The van der Waals surface area contributed by atoms with Crippen molar-refractivity contribution >= 4 is 5.91 Å². The minimum absolute atomic E-state index is 0.0848. The molecule has 0 fully saturated rings. The molecule has 0 aromatic heterocycles. The molecule has 18 heavy (non-hydrogen) atoms. The molecule has 1 rings (SSSR count). The molecule has 5 heteroatoms. The van der Waals surface area contributed by atoms with E-state index in [-0.39, 0.29) is 6.54 Å². The Morgan fingerprint density at radius 2 is 2.28 bits per heavy atom. The number of ether oxygens (including phenoxy) is 1. The van der Waals surface area contributed by atoms with Crippen molar-refractivity contribution < 1.29 is 14.6 Å². The van der Waals surface area contributed by atoms with E-state index in [0.29, 0.717) is 31.6 Å². The number of amides is 1. The van der Waals surface area contributed by atoms with E-state index in [1.165, 1.54) is 0 Å². The number of primary amides is 1. The fourth-order valence-corrected chi connectivity index (χ4v) is 2.02. The summed E-state index contributed by atoms with van der Waals surface area (Å²) < 4.78 is 5.52. The lowest BCUT2D eigenvalue weighted by Gasteiger charge is -2.25. The summed E-state index contributed by atoms with van der Waals surface area (Å²) in [5, 5.41) is 12.4. The highest BCUT2D eigenvalue weighted by atomic mass is 16.5. The van der Waals surface area contributed by atoms with Gasteiger partial charge in [-0.1, -0.05) is 19.1 Å². The highest BCUT2D eigenvalue weighted by Crippen LogP contribution is 2.24. The van der Waals surface area contributed by atoms with Crippen molar-refractivity contribution in [3.63, 3.8) is 0 Å². The van der Waals surface area contributed by atoms with Gasteiger partial charge in [-0.2, -0.15) is 0 Å². The van der Waals surface area contributed by atoms with E-state index in [1.807, 2.05) is 0 Å². The summed E-state index contributed by atoms with van der Waals surface area (Å²) in [7, 11) is 0. The van der Waals surface area contributed by atoms with Crippen LogP contribution in [-0.4, -0.2) is 43.4 Å². The number of aliphatic hydroxyl groups excluding tert-OH is 1. The van der Waals surface area contributed by atoms with Crippen LogP contribution in [0.25, 0.3) is 0 Å². The Morgan fingerprint density at radius 3 is 2.94 bits per heavy atom. The van der Waals surface area contributed by atoms with Gasteiger partial charge in [0.05, 0.1) is 25.9 Å². The summed E-state index contributed by atoms with van der Waals surface area (Å²) in [4.78, 5) is 10.5. The van der Waals surface area contributed by atoms with Gasteiger partial charge < -0.3 is 20.9 Å². The zero-order chi connectivity index (χ0) is 13.4. The maximum atomic E-state index is 10.5. The fourth-order valence-electron chi connectivity index (χ4n) is 2.02. The molecule has 0 aromatic carbocycles. The zero-order valence-corrected chi connectivity index (χ0v) is 11.0. The first kappa shape index (κ1) is 15.1. The molecule has 1 aliphatic carbocycles. The average molecular weight is 256 g/mol. The smallest absolute Gasteiger partial charge is 0.231 e. The molecule has 3 unspecified atom stereocenters. The van der Waals surface area contributed by atoms with Crippen molar-refractivity contribution in [1.29, 1.82) is 0 Å². The Labute approximate surface area is 108 Å². The summed E-state index contributed by atoms with van der Waals surface area (Å²) in [6, 6.07) is 0. The molecule has 0 saturated carbocycles. The van der Waals surface area contributed by atoms with Crippen molar-refractivity contribution in [1.82, 2.24) is 5.32 Å². The number of hydrogen-bond donors (Lipinski definition) is 3. The third-order valence-electron chi connectivity index (χ3n) is 3.24. The second-order valence-electron chi connectivity index (χ2n) is 4.97. The summed E-state index contributed by atoms with van der Waals surface area (Å²) in [6.07, 6.45) is 5.97. The lowest BCUT2D eigenvalue weighted by Crippen LogP contribution is -2.36. The van der Waals surface area contributed by atoms with Crippen molar-refractivity contribution in [2.75, 3.05) is 26.3 Å². The van der Waals surface area contributed by atoms with Gasteiger partial charge in [0.25, 0.3) is 0 Å². The van der Waals surface area contributed by atoms with E-state index in [2.05, 4.69) is 24.4 Å². The topological polar surface area (TPSA) is 84.6 Å². The van der Waals surface area contributed by atoms with E-state index in [4.69, 9.17) is 10.5 Å². The Morgan fingerprint density at radius 1 is 1.56 bits per heavy atom. The Balaban J connectivity index is 2.06. The van der Waals surface area contributed by atoms with E-state index in [1.54, 1.807) is 0 Å². The first-order valence-electron chi connectivity index (χ1n) is 6.49. The molecular weight excluding hydrogens is 232 g/mol. The molecule has 3 atom stereocenters. The quantitative estimate of drug-likeness (QED) is 0.535. The van der Waals surface area contributed by atoms with E-state index in [9.17, 15) is 9.90 Å². The van der Waals surface area contributed by atoms with Crippen molar-refractivity contribution in [3.05, 3.63) is 12.2 Å². The van der Waals surface area contributed by atoms with Crippen LogP contribution in [0.4, 0.5) is 0 Å². The van der Waals surface area contributed by atoms with Crippen molar-refractivity contribution in [2.24, 2.45) is 17.6 Å². The molecule has 0 bridgehead atoms. The molecule has 0 radical (unpaired) electrons. The van der Waals surface area contributed by atoms with Gasteiger partial charge in [0.15, 0.2) is 0 Å². The van der Waals surface area contributed by atoms with Crippen LogP contribution >= 0.6 is 0 Å². The first-order chi connectivity index (χ1) is 8.59. The molecule has 0 aromatic rings. The Bertz CT molecular complexity index is 281. The van der Waals surface area contributed by atoms with Gasteiger partial charge in [-0.25, -0.2) is 0 Å². The molecule has 0 aliphatic heterocycles. The molecule has 1 amide bonds. The van der Waals surface area contributed by atoms with Crippen LogP contribution in [0.5, 0.6) is 0 Å². The molecule has 104 valence electrons. The number of carbonyl (C=O) groups excluding carboxylic acids is 1. The highest BCUT2D eigenvalue weighted by molar-refractivity contribution is 5.75. The SMILES string of the molecule is CC1CC=CCC1COCC(O)CNCC(N)=O. The third-order valence-corrected chi connectivity index (χ3v) is 3.24. The van der Waals surface area contributed by atoms with E-state index < -0.39 is 12.0 Å². The maximum absolute atomic E-state index is 10.5. The number of aliphatic hydroxyl groups is 1. The molecular formula is C13H24N2O3. The highest BCUT2D eigenvalue weighted by Gasteiger charge is 2.18. The van der Waals surface area contributed by atoms with Gasteiger partial charge >= 0.3 is 0 Å². The second-order valence-corrected chi connectivity index (χ2v) is 4.97. The van der Waals surface area contributed by atoms with Crippen LogP contribution in [0.1, 0.15) is 19.8 Å². The monoisotopic (exact) mass is 256 g/mol. The fraction of sp³-hybridized carbons (Fsp3) is 0.769. The van der Waals surface area contributed by atoms with Crippen LogP contribution in [-0.2, 0) is 9.53 Å². The number of nitrogens with two attached hydrogens (primary N) is 1. The van der Waals surface area contributed by atoms with Crippen molar-refractivity contribution in [3.8, 4) is 0 Å². The lowest BCUT2D eigenvalue weighted by atomic mass is 9.85. The molecule has 0 spiro atoms. The normalized spacial score (nSPS) is 25.0. The molecule has 4 N–H and O–H groups in total. The summed E-state index contributed by atoms with van der Waals surface area (Å²) in [5.41, 5.74) is 4.97. The number of hydrogen-bond acceptors (Lipinski definition) is 4. The van der Waals surface area contributed by atoms with Gasteiger partial charge in [0.1, 0.15) is 0 Å². The Hall–Kier alpha value is -0.910. The van der Waals surface area contributed by atoms with Gasteiger partial charge in [-0.15, -0.1) is 0 Å². The minimum Gasteiger partial charge on any atom is -0.389 e. The number of rotatable bonds is 8. The van der Waals surface area contributed by atoms with Crippen LogP contribution in [0, 0.1) is 11.8 Å². The second kappa shape index (κ2) is 8.24. The predicted molar refractivity (Wildman–Crippen MR) is 69.9 cm³/mol. The summed E-state index contributed by atoms with van der Waals surface area (Å²) >= 11 is 0. The first-order valence-corrected chi connectivity index (χ1v) is 6.49. The molecule has 1 aliphatic rings. The predicted octanol–water partition coefficient (Wildman–Crippen LogP) is 0.0411. The Kier molecular flexibility index (Phi) is 6.93. The zero-order valence-electron chi connectivity index (χ0n) is 11.0. The number of nitrogens with one attached hydrogen (secondary N) is 1. The number of carbonyl (C=O) groups is 1. The van der Waals surface area contributed by atoms with Crippen molar-refractivity contribution in [2.45, 2.75) is 25.9 Å². The number of allylic oxidation sites excluding steroid dienone is 2. The van der Waals surface area contributed by atoms with E-state index >= 15 is 0 Å². The van der Waals surface area contributed by atoms with E-state index in [0.717, 1.165) is 12.8 Å². The van der Waals surface area contributed by atoms with Crippen LogP contribution in [0.3, 0.4) is 0 Å². The van der Waals surface area contributed by atoms with Gasteiger partial charge in [-0.3, -0.25) is 4.79 Å². The molecule has 5 nitrogen and oxygen atoms in total. The van der Waals surface area contributed by atoms with Crippen LogP contribution in [0.2, 0.25) is 0 Å². The third kappa shape index (κ3) is 6.14. The van der Waals surface area contributed by atoms with Gasteiger partial charge in [0, 0.05) is 6.54 Å². The van der Waals surface area contributed by atoms with Gasteiger partial charge in [-0.05, 0) is 24.7 Å². The maximum Gasteiger partial charge on any atom is 0.231 e. The van der Waals surface area contributed by atoms with Crippen LogP contribution < -0.4 is 11.1 Å². The standard InChI is InChI=1S/C13H24N2O3/c1-10-4-2-3-5-11(10)8-18-9-12(16)6-15-7-13(14)17/h2-3,10-12,15-16H,4-9H2,1H3,(H2,14,17). The molecule has 0 heterocycles.